The Hall–Kier alpha value is -2.52. The van der Waals surface area contributed by atoms with Crippen LogP contribution < -0.4 is 10.1 Å². The largest absolute Gasteiger partial charge is 0.481 e. The molecule has 3 rings (SSSR count). The zero-order valence-corrected chi connectivity index (χ0v) is 17.4. The second kappa shape index (κ2) is 9.53. The van der Waals surface area contributed by atoms with Crippen molar-refractivity contribution >= 4 is 21.6 Å². The second-order valence-electron chi connectivity index (χ2n) is 7.22. The summed E-state index contributed by atoms with van der Waals surface area (Å²) in [6.45, 7) is -0.560. The smallest absolute Gasteiger partial charge is 0.262 e. The van der Waals surface area contributed by atoms with Crippen molar-refractivity contribution in [2.24, 2.45) is 0 Å². The molecule has 1 amide bonds. The van der Waals surface area contributed by atoms with E-state index in [1.165, 1.54) is 16.4 Å². The third-order valence-electron chi connectivity index (χ3n) is 5.16. The van der Waals surface area contributed by atoms with E-state index in [9.17, 15) is 22.0 Å². The number of ether oxygens (including phenoxy) is 1. The van der Waals surface area contributed by atoms with E-state index >= 15 is 0 Å². The van der Waals surface area contributed by atoms with Crippen LogP contribution in [0.3, 0.4) is 0 Å². The topological polar surface area (TPSA) is 75.7 Å². The predicted octanol–water partition coefficient (Wildman–Crippen LogP) is 3.94. The molecule has 30 heavy (non-hydrogen) atoms. The van der Waals surface area contributed by atoms with E-state index in [0.29, 0.717) is 6.07 Å². The van der Waals surface area contributed by atoms with Gasteiger partial charge in [-0.1, -0.05) is 31.4 Å². The first-order chi connectivity index (χ1) is 14.3. The Morgan fingerprint density at radius 2 is 1.83 bits per heavy atom. The molecule has 162 valence electrons. The van der Waals surface area contributed by atoms with Crippen LogP contribution >= 0.6 is 0 Å². The molecule has 0 radical (unpaired) electrons. The molecule has 2 aromatic rings. The lowest BCUT2D eigenvalue weighted by molar-refractivity contribution is -0.118. The van der Waals surface area contributed by atoms with Crippen molar-refractivity contribution in [2.45, 2.75) is 43.0 Å². The number of hydrogen-bond acceptors (Lipinski definition) is 4. The van der Waals surface area contributed by atoms with Crippen molar-refractivity contribution in [3.63, 3.8) is 0 Å². The number of para-hydroxylation sites is 1. The fourth-order valence-electron chi connectivity index (χ4n) is 3.51. The van der Waals surface area contributed by atoms with Gasteiger partial charge in [0.1, 0.15) is 10.7 Å². The van der Waals surface area contributed by atoms with Crippen molar-refractivity contribution in [3.05, 3.63) is 54.1 Å². The molecule has 1 aliphatic rings. The minimum absolute atomic E-state index is 0.0145. The van der Waals surface area contributed by atoms with E-state index in [4.69, 9.17) is 4.74 Å². The molecule has 0 aromatic heterocycles. The summed E-state index contributed by atoms with van der Waals surface area (Å²) in [5.41, 5.74) is 0.119. The molecule has 9 heteroatoms. The van der Waals surface area contributed by atoms with Gasteiger partial charge >= 0.3 is 0 Å². The van der Waals surface area contributed by atoms with Gasteiger partial charge in [-0.15, -0.1) is 0 Å². The number of hydrogen-bond donors (Lipinski definition) is 1. The normalized spacial score (nSPS) is 15.2. The fraction of sp³-hybridized carbons (Fsp3) is 0.381. The molecule has 1 N–H and O–H groups in total. The van der Waals surface area contributed by atoms with Crippen LogP contribution in [0.15, 0.2) is 47.4 Å². The Morgan fingerprint density at radius 1 is 1.13 bits per heavy atom. The van der Waals surface area contributed by atoms with Gasteiger partial charge in [-0.3, -0.25) is 4.79 Å². The quantitative estimate of drug-likeness (QED) is 0.711. The van der Waals surface area contributed by atoms with E-state index < -0.39 is 34.2 Å². The number of nitrogens with zero attached hydrogens (tertiary/aromatic N) is 1. The van der Waals surface area contributed by atoms with Crippen molar-refractivity contribution < 1.29 is 26.7 Å². The molecular formula is C21H24F2N2O4S. The van der Waals surface area contributed by atoms with Gasteiger partial charge in [0.25, 0.3) is 5.91 Å². The van der Waals surface area contributed by atoms with Crippen LogP contribution in [0.5, 0.6) is 5.75 Å². The molecule has 0 saturated heterocycles. The van der Waals surface area contributed by atoms with Gasteiger partial charge in [0.15, 0.2) is 18.2 Å². The summed E-state index contributed by atoms with van der Waals surface area (Å²) in [6.07, 6.45) is 4.69. The molecule has 0 aliphatic heterocycles. The number of nitrogens with one attached hydrogen (secondary N) is 1. The maximum atomic E-state index is 13.6. The fourth-order valence-corrected chi connectivity index (χ4v) is 5.07. The monoisotopic (exact) mass is 438 g/mol. The maximum absolute atomic E-state index is 13.6. The molecule has 1 saturated carbocycles. The van der Waals surface area contributed by atoms with Gasteiger partial charge in [0.05, 0.1) is 5.69 Å². The molecule has 6 nitrogen and oxygen atoms in total. The van der Waals surface area contributed by atoms with E-state index in [0.717, 1.165) is 44.2 Å². The summed E-state index contributed by atoms with van der Waals surface area (Å²) in [7, 11) is -2.26. The lowest BCUT2D eigenvalue weighted by atomic mass is 9.96. The maximum Gasteiger partial charge on any atom is 0.262 e. The van der Waals surface area contributed by atoms with Crippen molar-refractivity contribution in [1.29, 1.82) is 0 Å². The average Bonchev–Trinajstić information content (AvgIpc) is 2.73. The Labute approximate surface area is 174 Å². The predicted molar refractivity (Wildman–Crippen MR) is 109 cm³/mol. The lowest BCUT2D eigenvalue weighted by Crippen LogP contribution is -2.38. The van der Waals surface area contributed by atoms with Crippen LogP contribution in [0.4, 0.5) is 14.5 Å². The molecule has 0 spiro atoms. The highest BCUT2D eigenvalue weighted by Gasteiger charge is 2.31. The van der Waals surface area contributed by atoms with E-state index in [-0.39, 0.29) is 22.4 Å². The van der Waals surface area contributed by atoms with Crippen LogP contribution in [0.1, 0.15) is 32.1 Å². The number of rotatable bonds is 7. The SMILES string of the molecule is CN(C1CCCCC1)S(=O)(=O)c1ccccc1NC(=O)COc1ccc(F)cc1F. The van der Waals surface area contributed by atoms with Crippen LogP contribution in [0, 0.1) is 11.6 Å². The average molecular weight is 438 g/mol. The number of carbonyl (C=O) groups is 1. The van der Waals surface area contributed by atoms with E-state index in [1.54, 1.807) is 19.2 Å². The first-order valence-electron chi connectivity index (χ1n) is 9.74. The van der Waals surface area contributed by atoms with Gasteiger partial charge in [0, 0.05) is 19.2 Å². The summed E-state index contributed by atoms with van der Waals surface area (Å²) in [5.74, 6) is -2.63. The number of anilines is 1. The van der Waals surface area contributed by atoms with Gasteiger partial charge < -0.3 is 10.1 Å². The molecule has 0 unspecified atom stereocenters. The highest BCUT2D eigenvalue weighted by molar-refractivity contribution is 7.89. The number of benzene rings is 2. The number of amides is 1. The van der Waals surface area contributed by atoms with Gasteiger partial charge in [-0.25, -0.2) is 17.2 Å². The minimum atomic E-state index is -3.82. The second-order valence-corrected chi connectivity index (χ2v) is 9.19. The first kappa shape index (κ1) is 22.2. The highest BCUT2D eigenvalue weighted by Crippen LogP contribution is 2.29. The zero-order valence-electron chi connectivity index (χ0n) is 16.6. The molecule has 0 atom stereocenters. The van der Waals surface area contributed by atoms with Gasteiger partial charge in [-0.2, -0.15) is 4.31 Å². The molecule has 1 fully saturated rings. The third kappa shape index (κ3) is 5.14. The third-order valence-corrected chi connectivity index (χ3v) is 7.13. The van der Waals surface area contributed by atoms with Gasteiger partial charge in [0.2, 0.25) is 10.0 Å². The number of carbonyl (C=O) groups excluding carboxylic acids is 1. The number of halogens is 2. The van der Waals surface area contributed by atoms with E-state index in [2.05, 4.69) is 5.32 Å². The van der Waals surface area contributed by atoms with Gasteiger partial charge in [-0.05, 0) is 37.1 Å². The summed E-state index contributed by atoms with van der Waals surface area (Å²) < 4.78 is 59.3. The Kier molecular flexibility index (Phi) is 7.04. The lowest BCUT2D eigenvalue weighted by Gasteiger charge is -2.30. The standard InChI is InChI=1S/C21H24F2N2O4S/c1-25(16-7-3-2-4-8-16)30(27,28)20-10-6-5-9-18(20)24-21(26)14-29-19-12-11-15(22)13-17(19)23/h5-6,9-13,16H,2-4,7-8,14H2,1H3,(H,24,26). The molecule has 0 heterocycles. The van der Waals surface area contributed by atoms with Crippen LogP contribution in [0.25, 0.3) is 0 Å². The van der Waals surface area contributed by atoms with Crippen LogP contribution in [-0.2, 0) is 14.8 Å². The van der Waals surface area contributed by atoms with E-state index in [1.807, 2.05) is 0 Å². The van der Waals surface area contributed by atoms with Crippen LogP contribution in [0.2, 0.25) is 0 Å². The summed E-state index contributed by atoms with van der Waals surface area (Å²) in [6, 6.07) is 8.78. The van der Waals surface area contributed by atoms with Crippen molar-refractivity contribution in [2.75, 3.05) is 19.0 Å². The Balaban J connectivity index is 1.72. The summed E-state index contributed by atoms with van der Waals surface area (Å²) in [5, 5.41) is 2.51. The van der Waals surface area contributed by atoms with Crippen molar-refractivity contribution in [3.8, 4) is 5.75 Å². The molecule has 1 aliphatic carbocycles. The molecule has 2 aromatic carbocycles. The molecule has 0 bridgehead atoms. The highest BCUT2D eigenvalue weighted by atomic mass is 32.2. The Morgan fingerprint density at radius 3 is 2.53 bits per heavy atom. The zero-order chi connectivity index (χ0) is 21.7. The summed E-state index contributed by atoms with van der Waals surface area (Å²) >= 11 is 0. The molecular weight excluding hydrogens is 414 g/mol. The minimum Gasteiger partial charge on any atom is -0.481 e. The Bertz CT molecular complexity index is 1010. The van der Waals surface area contributed by atoms with Crippen molar-refractivity contribution in [1.82, 2.24) is 4.31 Å². The first-order valence-corrected chi connectivity index (χ1v) is 11.2. The van der Waals surface area contributed by atoms with Crippen LogP contribution in [-0.4, -0.2) is 38.3 Å². The number of sulfonamides is 1. The summed E-state index contributed by atoms with van der Waals surface area (Å²) in [4.78, 5) is 12.3.